The van der Waals surface area contributed by atoms with E-state index < -0.39 is 23.2 Å². The van der Waals surface area contributed by atoms with E-state index in [1.807, 2.05) is 0 Å². The van der Waals surface area contributed by atoms with E-state index in [2.05, 4.69) is 5.32 Å². The van der Waals surface area contributed by atoms with Gasteiger partial charge in [0.1, 0.15) is 11.5 Å². The molecule has 0 bridgehead atoms. The fourth-order valence-corrected chi connectivity index (χ4v) is 4.53. The average molecular weight is 545 g/mol. The third-order valence-corrected chi connectivity index (χ3v) is 6.59. The molecule has 3 aromatic carbocycles. The number of carbonyl (C=O) groups excluding carboxylic acids is 2. The highest BCUT2D eigenvalue weighted by Gasteiger charge is 2.60. The van der Waals surface area contributed by atoms with Gasteiger partial charge in [-0.1, -0.05) is 35.3 Å². The van der Waals surface area contributed by atoms with Gasteiger partial charge in [-0.25, -0.2) is 0 Å². The third-order valence-electron chi connectivity index (χ3n) is 6.09. The first-order chi connectivity index (χ1) is 17.6. The predicted molar refractivity (Wildman–Crippen MR) is 134 cm³/mol. The van der Waals surface area contributed by atoms with E-state index in [0.717, 1.165) is 12.1 Å². The van der Waals surface area contributed by atoms with Crippen LogP contribution in [0.5, 0.6) is 0 Å². The van der Waals surface area contributed by atoms with Crippen molar-refractivity contribution in [3.8, 4) is 11.3 Å². The number of benzene rings is 3. The highest BCUT2D eigenvalue weighted by atomic mass is 35.5. The van der Waals surface area contributed by atoms with Crippen LogP contribution in [-0.2, 0) is 21.3 Å². The van der Waals surface area contributed by atoms with Gasteiger partial charge in [-0.05, 0) is 72.8 Å². The van der Waals surface area contributed by atoms with Crippen molar-refractivity contribution in [3.05, 3.63) is 106 Å². The molecule has 0 aliphatic carbocycles. The fraction of sp³-hybridized carbons (Fsp3) is 0.111. The summed E-state index contributed by atoms with van der Waals surface area (Å²) in [4.78, 5) is 27.9. The number of anilines is 2. The second-order valence-corrected chi connectivity index (χ2v) is 9.32. The van der Waals surface area contributed by atoms with Gasteiger partial charge >= 0.3 is 6.18 Å². The van der Waals surface area contributed by atoms with E-state index in [1.54, 1.807) is 48.5 Å². The quantitative estimate of drug-likeness (QED) is 0.264. The van der Waals surface area contributed by atoms with Gasteiger partial charge in [0, 0.05) is 27.0 Å². The largest absolute Gasteiger partial charge is 0.458 e. The summed E-state index contributed by atoms with van der Waals surface area (Å²) in [5, 5.41) is 3.71. The van der Waals surface area contributed by atoms with Crippen LogP contribution >= 0.6 is 23.2 Å². The van der Waals surface area contributed by atoms with Crippen molar-refractivity contribution in [2.45, 2.75) is 18.1 Å². The number of rotatable bonds is 5. The minimum atomic E-state index is -4.53. The highest BCUT2D eigenvalue weighted by Crippen LogP contribution is 2.47. The van der Waals surface area contributed by atoms with Gasteiger partial charge in [0.2, 0.25) is 5.91 Å². The molecule has 1 aromatic heterocycles. The molecule has 5 rings (SSSR count). The summed E-state index contributed by atoms with van der Waals surface area (Å²) in [6.45, 7) is 0. The second-order valence-electron chi connectivity index (χ2n) is 8.45. The average Bonchev–Trinajstić information content (AvgIpc) is 3.35. The molecule has 37 heavy (non-hydrogen) atoms. The SMILES string of the molecule is O=C1CC(C(=O)Nc2ccc(Cl)cc2)(c2ccc(-c3cccc(C(F)(F)F)c3)o2)N1c1ccc(Cl)cc1. The van der Waals surface area contributed by atoms with Crippen molar-refractivity contribution >= 4 is 46.4 Å². The Morgan fingerprint density at radius 1 is 0.919 bits per heavy atom. The molecule has 0 radical (unpaired) electrons. The summed E-state index contributed by atoms with van der Waals surface area (Å²) in [7, 11) is 0. The lowest BCUT2D eigenvalue weighted by Gasteiger charge is -2.49. The molecule has 4 aromatic rings. The lowest BCUT2D eigenvalue weighted by Crippen LogP contribution is -2.67. The number of halogens is 5. The number of β-lactam (4-membered cyclic amide) rings is 1. The zero-order chi connectivity index (χ0) is 26.4. The maximum Gasteiger partial charge on any atom is 0.416 e. The van der Waals surface area contributed by atoms with E-state index in [4.69, 9.17) is 27.6 Å². The van der Waals surface area contributed by atoms with Crippen LogP contribution < -0.4 is 10.2 Å². The van der Waals surface area contributed by atoms with Crippen LogP contribution in [0.25, 0.3) is 11.3 Å². The van der Waals surface area contributed by atoms with Crippen LogP contribution in [-0.4, -0.2) is 11.8 Å². The number of carbonyl (C=O) groups is 2. The van der Waals surface area contributed by atoms with Crippen molar-refractivity contribution in [2.24, 2.45) is 0 Å². The molecule has 1 aliphatic rings. The lowest BCUT2D eigenvalue weighted by molar-refractivity contribution is -0.138. The molecule has 1 fully saturated rings. The number of hydrogen-bond acceptors (Lipinski definition) is 3. The molecule has 5 nitrogen and oxygen atoms in total. The molecule has 1 saturated heterocycles. The fourth-order valence-electron chi connectivity index (χ4n) is 4.28. The Kier molecular flexibility index (Phi) is 6.25. The molecule has 1 aliphatic heterocycles. The maximum atomic E-state index is 13.8. The van der Waals surface area contributed by atoms with Gasteiger partial charge in [-0.15, -0.1) is 0 Å². The first-order valence-electron chi connectivity index (χ1n) is 11.0. The third kappa shape index (κ3) is 4.58. The van der Waals surface area contributed by atoms with Gasteiger partial charge in [0.15, 0.2) is 5.54 Å². The van der Waals surface area contributed by atoms with E-state index in [1.165, 1.54) is 29.2 Å². The summed E-state index contributed by atoms with van der Waals surface area (Å²) in [6.07, 6.45) is -4.75. The zero-order valence-corrected chi connectivity index (χ0v) is 20.4. The molecule has 0 saturated carbocycles. The molecule has 1 atom stereocenters. The molecule has 2 heterocycles. The van der Waals surface area contributed by atoms with Crippen LogP contribution in [0.2, 0.25) is 10.0 Å². The molecule has 1 unspecified atom stereocenters. The highest BCUT2D eigenvalue weighted by molar-refractivity contribution is 6.31. The number of alkyl halides is 3. The van der Waals surface area contributed by atoms with Gasteiger partial charge in [0.05, 0.1) is 12.0 Å². The molecule has 0 spiro atoms. The molecule has 10 heteroatoms. The Labute approximate surface area is 219 Å². The van der Waals surface area contributed by atoms with Crippen LogP contribution in [0.1, 0.15) is 17.7 Å². The van der Waals surface area contributed by atoms with Crippen molar-refractivity contribution < 1.29 is 27.2 Å². The maximum absolute atomic E-state index is 13.8. The molecular formula is C27H17Cl2F3N2O3. The van der Waals surface area contributed by atoms with Crippen molar-refractivity contribution in [1.82, 2.24) is 0 Å². The Morgan fingerprint density at radius 2 is 1.57 bits per heavy atom. The Balaban J connectivity index is 1.58. The normalized spacial score (nSPS) is 17.4. The first-order valence-corrected chi connectivity index (χ1v) is 11.8. The Bertz CT molecular complexity index is 1480. The van der Waals surface area contributed by atoms with Gasteiger partial charge in [-0.3, -0.25) is 14.5 Å². The van der Waals surface area contributed by atoms with E-state index in [0.29, 0.717) is 21.4 Å². The molecule has 2 amide bonds. The predicted octanol–water partition coefficient (Wildman–Crippen LogP) is 7.54. The second kappa shape index (κ2) is 9.28. The Hall–Kier alpha value is -3.75. The summed E-state index contributed by atoms with van der Waals surface area (Å²) in [5.74, 6) is -0.684. The monoisotopic (exact) mass is 544 g/mol. The van der Waals surface area contributed by atoms with E-state index >= 15 is 0 Å². The molecular weight excluding hydrogens is 528 g/mol. The number of amides is 2. The Morgan fingerprint density at radius 3 is 2.19 bits per heavy atom. The van der Waals surface area contributed by atoms with Crippen LogP contribution in [0, 0.1) is 0 Å². The summed E-state index contributed by atoms with van der Waals surface area (Å²) in [5.41, 5.74) is -1.40. The van der Waals surface area contributed by atoms with Crippen molar-refractivity contribution in [1.29, 1.82) is 0 Å². The summed E-state index contributed by atoms with van der Waals surface area (Å²) >= 11 is 12.0. The number of furan rings is 1. The topological polar surface area (TPSA) is 62.6 Å². The van der Waals surface area contributed by atoms with Crippen LogP contribution in [0.3, 0.4) is 0 Å². The van der Waals surface area contributed by atoms with Crippen molar-refractivity contribution in [3.63, 3.8) is 0 Å². The van der Waals surface area contributed by atoms with E-state index in [9.17, 15) is 22.8 Å². The van der Waals surface area contributed by atoms with Crippen molar-refractivity contribution in [2.75, 3.05) is 10.2 Å². The zero-order valence-electron chi connectivity index (χ0n) is 18.9. The summed E-state index contributed by atoms with van der Waals surface area (Å²) in [6, 6.07) is 20.4. The van der Waals surface area contributed by atoms with Gasteiger partial charge < -0.3 is 9.73 Å². The minimum absolute atomic E-state index is 0.0981. The number of nitrogens with zero attached hydrogens (tertiary/aromatic N) is 1. The van der Waals surface area contributed by atoms with E-state index in [-0.39, 0.29) is 29.4 Å². The minimum Gasteiger partial charge on any atom is -0.458 e. The smallest absolute Gasteiger partial charge is 0.416 e. The van der Waals surface area contributed by atoms with Crippen LogP contribution in [0.4, 0.5) is 24.5 Å². The first kappa shape index (κ1) is 24.9. The summed E-state index contributed by atoms with van der Waals surface area (Å²) < 4.78 is 45.7. The lowest BCUT2D eigenvalue weighted by atomic mass is 9.79. The van der Waals surface area contributed by atoms with Gasteiger partial charge in [-0.2, -0.15) is 13.2 Å². The standard InChI is InChI=1S/C27H17Cl2F3N2O3/c28-18-4-8-20(9-5-18)33-25(36)26(15-24(35)34(26)21-10-6-19(29)7-11-21)23-13-12-22(37-23)16-2-1-3-17(14-16)27(30,31)32/h1-14H,15H2,(H,33,36). The molecule has 1 N–H and O–H groups in total. The number of nitrogens with one attached hydrogen (secondary N) is 1. The van der Waals surface area contributed by atoms with Crippen LogP contribution in [0.15, 0.2) is 89.3 Å². The van der Waals surface area contributed by atoms with Gasteiger partial charge in [0.25, 0.3) is 5.91 Å². The molecule has 188 valence electrons. The number of hydrogen-bond donors (Lipinski definition) is 1.